The number of para-hydroxylation sites is 1. The van der Waals surface area contributed by atoms with Crippen molar-refractivity contribution in [3.63, 3.8) is 0 Å². The van der Waals surface area contributed by atoms with Crippen molar-refractivity contribution >= 4 is 0 Å². The topological polar surface area (TPSA) is 45.0 Å². The molecule has 16 heavy (non-hydrogen) atoms. The van der Waals surface area contributed by atoms with Gasteiger partial charge in [-0.1, -0.05) is 18.2 Å². The molecule has 0 aromatic heterocycles. The van der Waals surface area contributed by atoms with E-state index in [1.165, 1.54) is 0 Å². The predicted octanol–water partition coefficient (Wildman–Crippen LogP) is 1.91. The number of ether oxygens (including phenoxy) is 1. The second-order valence-corrected chi connectivity index (χ2v) is 3.97. The van der Waals surface area contributed by atoms with Gasteiger partial charge in [0.1, 0.15) is 5.75 Å². The van der Waals surface area contributed by atoms with Crippen molar-refractivity contribution in [3.8, 4) is 11.8 Å². The van der Waals surface area contributed by atoms with Crippen LogP contribution in [0, 0.1) is 17.2 Å². The lowest BCUT2D eigenvalue weighted by Crippen LogP contribution is -2.10. The quantitative estimate of drug-likeness (QED) is 0.839. The van der Waals surface area contributed by atoms with Crippen LogP contribution in [0.1, 0.15) is 18.4 Å². The first-order valence-corrected chi connectivity index (χ1v) is 5.69. The Kier molecular flexibility index (Phi) is 3.43. The van der Waals surface area contributed by atoms with Crippen LogP contribution >= 0.6 is 0 Å². The number of nitrogens with zero attached hydrogens (tertiary/aromatic N) is 1. The number of hydrogen-bond donors (Lipinski definition) is 1. The molecular formula is C13H16N2O. The highest BCUT2D eigenvalue weighted by atomic mass is 16.5. The Bertz CT molecular complexity index is 397. The average molecular weight is 216 g/mol. The zero-order valence-corrected chi connectivity index (χ0v) is 9.44. The van der Waals surface area contributed by atoms with Crippen LogP contribution in [0.5, 0.6) is 5.75 Å². The van der Waals surface area contributed by atoms with E-state index in [1.54, 1.807) is 0 Å². The van der Waals surface area contributed by atoms with E-state index < -0.39 is 0 Å². The predicted molar refractivity (Wildman–Crippen MR) is 62.3 cm³/mol. The van der Waals surface area contributed by atoms with Crippen LogP contribution in [0.4, 0.5) is 0 Å². The Morgan fingerprint density at radius 2 is 2.25 bits per heavy atom. The summed E-state index contributed by atoms with van der Waals surface area (Å²) in [5.74, 6) is 1.23. The van der Waals surface area contributed by atoms with Gasteiger partial charge in [0.05, 0.1) is 18.6 Å². The standard InChI is InChI=1S/C13H16N2O/c1-2-16-13-6-4-3-5-11(13)12-9-15-8-10(12)7-14/h3-6,10,12,15H,2,8-9H2,1H3/t10-,12-/m1/s1. The van der Waals surface area contributed by atoms with Gasteiger partial charge in [-0.15, -0.1) is 0 Å². The molecule has 0 bridgehead atoms. The van der Waals surface area contributed by atoms with Gasteiger partial charge in [-0.3, -0.25) is 0 Å². The molecule has 0 aliphatic carbocycles. The number of nitriles is 1. The normalized spacial score (nSPS) is 24.0. The Morgan fingerprint density at radius 1 is 1.44 bits per heavy atom. The molecule has 1 fully saturated rings. The second-order valence-electron chi connectivity index (χ2n) is 3.97. The highest BCUT2D eigenvalue weighted by Gasteiger charge is 2.30. The van der Waals surface area contributed by atoms with Crippen molar-refractivity contribution in [2.45, 2.75) is 12.8 Å². The highest BCUT2D eigenvalue weighted by molar-refractivity contribution is 5.38. The maximum atomic E-state index is 9.09. The largest absolute Gasteiger partial charge is 0.494 e. The molecule has 2 atom stereocenters. The van der Waals surface area contributed by atoms with Gasteiger partial charge >= 0.3 is 0 Å². The molecule has 0 spiro atoms. The van der Waals surface area contributed by atoms with Gasteiger partial charge in [0, 0.05) is 19.0 Å². The molecule has 1 N–H and O–H groups in total. The van der Waals surface area contributed by atoms with E-state index in [0.717, 1.165) is 24.4 Å². The average Bonchev–Trinajstić information content (AvgIpc) is 2.78. The maximum Gasteiger partial charge on any atom is 0.122 e. The zero-order valence-electron chi connectivity index (χ0n) is 9.44. The van der Waals surface area contributed by atoms with Crippen molar-refractivity contribution in [1.29, 1.82) is 5.26 Å². The molecule has 0 saturated carbocycles. The number of rotatable bonds is 3. The molecule has 1 heterocycles. The Labute approximate surface area is 96.0 Å². The van der Waals surface area contributed by atoms with Crippen molar-refractivity contribution < 1.29 is 4.74 Å². The summed E-state index contributed by atoms with van der Waals surface area (Å²) in [6, 6.07) is 10.4. The molecule has 0 radical (unpaired) electrons. The smallest absolute Gasteiger partial charge is 0.122 e. The first-order valence-electron chi connectivity index (χ1n) is 5.69. The van der Waals surface area contributed by atoms with Crippen LogP contribution in [0.15, 0.2) is 24.3 Å². The van der Waals surface area contributed by atoms with Crippen LogP contribution in [0.3, 0.4) is 0 Å². The van der Waals surface area contributed by atoms with Gasteiger partial charge in [0.2, 0.25) is 0 Å². The molecule has 1 saturated heterocycles. The SMILES string of the molecule is CCOc1ccccc1[C@@H]1CNC[C@H]1C#N. The van der Waals surface area contributed by atoms with E-state index >= 15 is 0 Å². The molecule has 3 nitrogen and oxygen atoms in total. The number of nitrogens with one attached hydrogen (secondary N) is 1. The van der Waals surface area contributed by atoms with Gasteiger partial charge < -0.3 is 10.1 Å². The van der Waals surface area contributed by atoms with Crippen LogP contribution in [0.2, 0.25) is 0 Å². The van der Waals surface area contributed by atoms with E-state index in [-0.39, 0.29) is 11.8 Å². The Morgan fingerprint density at radius 3 is 3.00 bits per heavy atom. The van der Waals surface area contributed by atoms with Crippen molar-refractivity contribution in [2.24, 2.45) is 5.92 Å². The lowest BCUT2D eigenvalue weighted by atomic mass is 9.89. The molecule has 1 aliphatic heterocycles. The van der Waals surface area contributed by atoms with E-state index in [1.807, 2.05) is 25.1 Å². The fourth-order valence-corrected chi connectivity index (χ4v) is 2.21. The van der Waals surface area contributed by atoms with E-state index in [4.69, 9.17) is 10.00 Å². The molecule has 0 amide bonds. The summed E-state index contributed by atoms with van der Waals surface area (Å²) in [5, 5.41) is 12.4. The minimum absolute atomic E-state index is 0.0570. The van der Waals surface area contributed by atoms with Crippen molar-refractivity contribution in [2.75, 3.05) is 19.7 Å². The lowest BCUT2D eigenvalue weighted by Gasteiger charge is -2.17. The monoisotopic (exact) mass is 216 g/mol. The molecular weight excluding hydrogens is 200 g/mol. The number of hydrogen-bond acceptors (Lipinski definition) is 3. The van der Waals surface area contributed by atoms with Crippen molar-refractivity contribution in [3.05, 3.63) is 29.8 Å². The van der Waals surface area contributed by atoms with Crippen molar-refractivity contribution in [1.82, 2.24) is 5.32 Å². The highest BCUT2D eigenvalue weighted by Crippen LogP contribution is 2.33. The third-order valence-corrected chi connectivity index (χ3v) is 3.00. The molecule has 1 aliphatic rings. The molecule has 1 aromatic rings. The van der Waals surface area contributed by atoms with Crippen LogP contribution in [0.25, 0.3) is 0 Å². The number of benzene rings is 1. The lowest BCUT2D eigenvalue weighted by molar-refractivity contribution is 0.333. The summed E-state index contributed by atoms with van der Waals surface area (Å²) in [6.07, 6.45) is 0. The zero-order chi connectivity index (χ0) is 11.4. The fraction of sp³-hybridized carbons (Fsp3) is 0.462. The van der Waals surface area contributed by atoms with Gasteiger partial charge in [-0.2, -0.15) is 5.26 Å². The molecule has 0 unspecified atom stereocenters. The minimum Gasteiger partial charge on any atom is -0.494 e. The van der Waals surface area contributed by atoms with E-state index in [9.17, 15) is 0 Å². The molecule has 84 valence electrons. The first kappa shape index (κ1) is 11.0. The summed E-state index contributed by atoms with van der Waals surface area (Å²) in [7, 11) is 0. The second kappa shape index (κ2) is 5.00. The molecule has 1 aromatic carbocycles. The molecule has 3 heteroatoms. The summed E-state index contributed by atoms with van der Waals surface area (Å²) in [6.45, 7) is 4.28. The Hall–Kier alpha value is -1.53. The van der Waals surface area contributed by atoms with Gasteiger partial charge in [-0.05, 0) is 18.6 Å². The van der Waals surface area contributed by atoms with Crippen LogP contribution in [-0.2, 0) is 0 Å². The summed E-state index contributed by atoms with van der Waals surface area (Å²) in [4.78, 5) is 0. The maximum absolute atomic E-state index is 9.09. The summed E-state index contributed by atoms with van der Waals surface area (Å²) in [5.41, 5.74) is 1.15. The van der Waals surface area contributed by atoms with Crippen LogP contribution < -0.4 is 10.1 Å². The van der Waals surface area contributed by atoms with Crippen LogP contribution in [-0.4, -0.2) is 19.7 Å². The fourth-order valence-electron chi connectivity index (χ4n) is 2.21. The van der Waals surface area contributed by atoms with Gasteiger partial charge in [0.25, 0.3) is 0 Å². The van der Waals surface area contributed by atoms with Gasteiger partial charge in [0.15, 0.2) is 0 Å². The third kappa shape index (κ3) is 2.02. The first-order chi connectivity index (χ1) is 7.86. The summed E-state index contributed by atoms with van der Waals surface area (Å²) >= 11 is 0. The third-order valence-electron chi connectivity index (χ3n) is 3.00. The Balaban J connectivity index is 2.29. The van der Waals surface area contributed by atoms with Gasteiger partial charge in [-0.25, -0.2) is 0 Å². The minimum atomic E-state index is 0.0570. The molecule has 2 rings (SSSR count). The summed E-state index contributed by atoms with van der Waals surface area (Å²) < 4.78 is 5.61. The van der Waals surface area contributed by atoms with E-state index in [2.05, 4.69) is 17.5 Å². The van der Waals surface area contributed by atoms with E-state index in [0.29, 0.717) is 6.61 Å².